The maximum atomic E-state index is 13.5. The smallest absolute Gasteiger partial charge is 0.338 e. The molecule has 1 saturated heterocycles. The fourth-order valence-corrected chi connectivity index (χ4v) is 8.27. The minimum atomic E-state index is -1.66. The maximum Gasteiger partial charge on any atom is 0.338 e. The molecule has 1 aliphatic heterocycles. The van der Waals surface area contributed by atoms with Crippen molar-refractivity contribution in [3.63, 3.8) is 0 Å². The normalized spacial score (nSPS) is 41.1. The lowest BCUT2D eigenvalue weighted by molar-refractivity contribution is -0.146. The first-order valence-electron chi connectivity index (χ1n) is 13.6. The van der Waals surface area contributed by atoms with E-state index < -0.39 is 29.4 Å². The number of carbonyl (C=O) groups excluding carboxylic acids is 1. The molecule has 7 nitrogen and oxygen atoms in total. The molecule has 0 amide bonds. The summed E-state index contributed by atoms with van der Waals surface area (Å²) in [5.74, 6) is -0.439. The van der Waals surface area contributed by atoms with Gasteiger partial charge in [0.1, 0.15) is 5.60 Å². The molecule has 2 heterocycles. The van der Waals surface area contributed by atoms with Gasteiger partial charge in [0.25, 0.3) is 0 Å². The van der Waals surface area contributed by atoms with Crippen LogP contribution in [0.4, 0.5) is 0 Å². The van der Waals surface area contributed by atoms with E-state index in [2.05, 4.69) is 43.2 Å². The molecule has 1 aromatic heterocycles. The summed E-state index contributed by atoms with van der Waals surface area (Å²) in [5, 5.41) is 27.2. The number of cyclic esters (lactones) is 1. The highest BCUT2D eigenvalue weighted by molar-refractivity contribution is 5.95. The monoisotopic (exact) mass is 506 g/mol. The van der Waals surface area contributed by atoms with Crippen molar-refractivity contribution in [3.8, 4) is 0 Å². The van der Waals surface area contributed by atoms with Gasteiger partial charge in [0.2, 0.25) is 5.56 Å². The van der Waals surface area contributed by atoms with Crippen LogP contribution < -0.4 is 10.9 Å². The van der Waals surface area contributed by atoms with Gasteiger partial charge in [-0.05, 0) is 74.0 Å². The quantitative estimate of drug-likeness (QED) is 0.362. The number of allylic oxidation sites excluding steroid dienone is 3. The number of ether oxygens (including phenoxy) is 1. The van der Waals surface area contributed by atoms with Gasteiger partial charge in [-0.25, -0.2) is 4.79 Å². The van der Waals surface area contributed by atoms with E-state index in [-0.39, 0.29) is 35.1 Å². The SMILES string of the molecule is C/C=C1\[C@H]2C=C(C)C[C@]1(N[C@H]1OC(=O)C3=C4CC(C)(C)C[C@H]4[C@@H](C)[C@@H](O)C[C@]31O)c1ccc(=O)[nH]c1C2. The first-order valence-corrected chi connectivity index (χ1v) is 13.6. The van der Waals surface area contributed by atoms with Crippen LogP contribution in [0.25, 0.3) is 0 Å². The lowest BCUT2D eigenvalue weighted by Gasteiger charge is -2.50. The highest BCUT2D eigenvalue weighted by Crippen LogP contribution is 2.57. The minimum absolute atomic E-state index is 0.0193. The Labute approximate surface area is 217 Å². The molecule has 4 aliphatic carbocycles. The number of esters is 1. The van der Waals surface area contributed by atoms with E-state index in [1.54, 1.807) is 0 Å². The summed E-state index contributed by atoms with van der Waals surface area (Å²) in [6, 6.07) is 3.40. The highest BCUT2D eigenvalue weighted by Gasteiger charge is 2.62. The Balaban J connectivity index is 1.51. The molecule has 0 unspecified atom stereocenters. The van der Waals surface area contributed by atoms with Gasteiger partial charge in [-0.3, -0.25) is 10.1 Å². The number of pyridine rings is 1. The second-order valence-corrected chi connectivity index (χ2v) is 12.9. The van der Waals surface area contributed by atoms with E-state index in [1.807, 2.05) is 19.9 Å². The second kappa shape index (κ2) is 8.01. The third kappa shape index (κ3) is 3.50. The van der Waals surface area contributed by atoms with E-state index >= 15 is 0 Å². The van der Waals surface area contributed by atoms with Crippen LogP contribution in [0.15, 0.2) is 51.4 Å². The first-order chi connectivity index (χ1) is 17.4. The van der Waals surface area contributed by atoms with E-state index in [0.29, 0.717) is 24.8 Å². The number of rotatable bonds is 2. The summed E-state index contributed by atoms with van der Waals surface area (Å²) in [6.45, 7) is 10.5. The number of aliphatic hydroxyl groups excluding tert-OH is 1. The Morgan fingerprint density at radius 2 is 1.95 bits per heavy atom. The van der Waals surface area contributed by atoms with Crippen LogP contribution in [0.1, 0.15) is 71.6 Å². The molecule has 2 fully saturated rings. The van der Waals surface area contributed by atoms with Gasteiger partial charge in [-0.2, -0.15) is 0 Å². The number of aliphatic hydroxyl groups is 2. The summed E-state index contributed by atoms with van der Waals surface area (Å²) in [4.78, 5) is 28.8. The van der Waals surface area contributed by atoms with Crippen molar-refractivity contribution in [1.82, 2.24) is 10.3 Å². The van der Waals surface area contributed by atoms with Crippen LogP contribution in [-0.4, -0.2) is 39.1 Å². The molecule has 6 rings (SSSR count). The molecule has 7 heteroatoms. The number of aromatic amines is 1. The van der Waals surface area contributed by atoms with Crippen LogP contribution in [0.3, 0.4) is 0 Å². The number of nitrogens with one attached hydrogen (secondary N) is 2. The van der Waals surface area contributed by atoms with E-state index in [9.17, 15) is 19.8 Å². The molecular weight excluding hydrogens is 468 g/mol. The van der Waals surface area contributed by atoms with Crippen LogP contribution in [-0.2, 0) is 21.5 Å². The topological polar surface area (TPSA) is 112 Å². The zero-order valence-corrected chi connectivity index (χ0v) is 22.4. The van der Waals surface area contributed by atoms with Crippen molar-refractivity contribution in [2.24, 2.45) is 23.2 Å². The number of carbonyl (C=O) groups is 1. The third-order valence-corrected chi connectivity index (χ3v) is 9.76. The zero-order valence-electron chi connectivity index (χ0n) is 22.4. The Hall–Kier alpha value is -2.48. The molecule has 4 N–H and O–H groups in total. The van der Waals surface area contributed by atoms with Gasteiger partial charge in [0.05, 0.1) is 17.2 Å². The van der Waals surface area contributed by atoms with Crippen molar-refractivity contribution in [1.29, 1.82) is 0 Å². The highest BCUT2D eigenvalue weighted by atomic mass is 16.6. The molecule has 1 saturated carbocycles. The molecule has 0 radical (unpaired) electrons. The predicted octanol–water partition coefficient (Wildman–Crippen LogP) is 3.38. The molecule has 0 aromatic carbocycles. The first kappa shape index (κ1) is 24.8. The van der Waals surface area contributed by atoms with Crippen LogP contribution in [0.2, 0.25) is 0 Å². The summed E-state index contributed by atoms with van der Waals surface area (Å²) in [6.07, 6.45) is 5.44. The molecular formula is C30H38N2O5. The van der Waals surface area contributed by atoms with Gasteiger partial charge in [0.15, 0.2) is 6.23 Å². The van der Waals surface area contributed by atoms with Crippen molar-refractivity contribution in [3.05, 3.63) is 68.2 Å². The predicted molar refractivity (Wildman–Crippen MR) is 139 cm³/mol. The standard InChI is InChI=1S/C30H38N2O5/c1-6-20-17-9-15(2)11-29(20,21-7-8-24(34)31-22(21)10-17)32-27-30(36)14-23(33)16(3)18-12-28(4,5)13-19(18)25(30)26(35)37-27/h6-9,16-18,23,27,32-33,36H,10-14H2,1-5H3,(H,31,34)/b20-6+/t16-,17+,18+,23+,27+,29-,30+/m1/s1. The van der Waals surface area contributed by atoms with Gasteiger partial charge in [-0.1, -0.05) is 44.1 Å². The molecule has 7 atom stereocenters. The van der Waals surface area contributed by atoms with Gasteiger partial charge in [0, 0.05) is 24.1 Å². The average molecular weight is 507 g/mol. The third-order valence-electron chi connectivity index (χ3n) is 9.76. The average Bonchev–Trinajstić information content (AvgIpc) is 3.20. The summed E-state index contributed by atoms with van der Waals surface area (Å²) in [5.41, 5.74) is 2.84. The number of aromatic nitrogens is 1. The van der Waals surface area contributed by atoms with Gasteiger partial charge in [-0.15, -0.1) is 0 Å². The van der Waals surface area contributed by atoms with Crippen molar-refractivity contribution < 1.29 is 19.7 Å². The number of H-pyrrole nitrogens is 1. The Kier molecular flexibility index (Phi) is 5.38. The summed E-state index contributed by atoms with van der Waals surface area (Å²) < 4.78 is 5.99. The van der Waals surface area contributed by atoms with Crippen molar-refractivity contribution in [2.45, 2.75) is 90.2 Å². The molecule has 1 aromatic rings. The van der Waals surface area contributed by atoms with Crippen molar-refractivity contribution in [2.75, 3.05) is 0 Å². The van der Waals surface area contributed by atoms with Gasteiger partial charge >= 0.3 is 5.97 Å². The van der Waals surface area contributed by atoms with Crippen molar-refractivity contribution >= 4 is 5.97 Å². The van der Waals surface area contributed by atoms with Crippen LogP contribution >= 0.6 is 0 Å². The van der Waals surface area contributed by atoms with Crippen LogP contribution in [0, 0.1) is 23.2 Å². The summed E-state index contributed by atoms with van der Waals surface area (Å²) in [7, 11) is 0. The largest absolute Gasteiger partial charge is 0.440 e. The van der Waals surface area contributed by atoms with E-state index in [0.717, 1.165) is 28.8 Å². The Bertz CT molecular complexity index is 1340. The fourth-order valence-electron chi connectivity index (χ4n) is 8.27. The Morgan fingerprint density at radius 3 is 2.68 bits per heavy atom. The molecule has 2 bridgehead atoms. The van der Waals surface area contributed by atoms with E-state index in [4.69, 9.17) is 4.74 Å². The van der Waals surface area contributed by atoms with E-state index in [1.165, 1.54) is 11.6 Å². The maximum absolute atomic E-state index is 13.5. The lowest BCUT2D eigenvalue weighted by Crippen LogP contribution is -2.61. The Morgan fingerprint density at radius 1 is 1.19 bits per heavy atom. The lowest BCUT2D eigenvalue weighted by atomic mass is 9.62. The molecule has 0 spiro atoms. The van der Waals surface area contributed by atoms with Crippen LogP contribution in [0.5, 0.6) is 0 Å². The number of hydrogen-bond donors (Lipinski definition) is 4. The summed E-state index contributed by atoms with van der Waals surface area (Å²) >= 11 is 0. The molecule has 5 aliphatic rings. The number of fused-ring (bicyclic) bond motifs is 6. The number of hydrogen-bond acceptors (Lipinski definition) is 6. The molecule has 37 heavy (non-hydrogen) atoms. The molecule has 198 valence electrons. The fraction of sp³-hybridized carbons (Fsp3) is 0.600. The van der Waals surface area contributed by atoms with Gasteiger partial charge < -0.3 is 19.9 Å². The zero-order chi connectivity index (χ0) is 26.5. The second-order valence-electron chi connectivity index (χ2n) is 12.9. The minimum Gasteiger partial charge on any atom is -0.440 e.